The summed E-state index contributed by atoms with van der Waals surface area (Å²) < 4.78 is 0. The van der Waals surface area contributed by atoms with Gasteiger partial charge in [-0.1, -0.05) is 80.6 Å². The first-order valence-corrected chi connectivity index (χ1v) is 9.80. The molecule has 0 heterocycles. The molecule has 0 spiro atoms. The predicted octanol–water partition coefficient (Wildman–Crippen LogP) is 7.40. The number of benzene rings is 4. The van der Waals surface area contributed by atoms with Crippen LogP contribution in [0.25, 0.3) is 22.3 Å². The first kappa shape index (κ1) is 16.8. The molecule has 1 heteroatoms. The van der Waals surface area contributed by atoms with Gasteiger partial charge in [-0.2, -0.15) is 0 Å². The Labute approximate surface area is 166 Å². The van der Waals surface area contributed by atoms with Crippen LogP contribution in [-0.2, 0) is 5.41 Å². The summed E-state index contributed by atoms with van der Waals surface area (Å²) in [5.41, 5.74) is 10.3. The molecule has 0 saturated carbocycles. The normalized spacial score (nSPS) is 13.6. The minimum absolute atomic E-state index is 0.0190. The number of hydrogen-bond donors (Lipinski definition) is 1. The molecule has 28 heavy (non-hydrogen) atoms. The van der Waals surface area contributed by atoms with Crippen molar-refractivity contribution >= 4 is 11.4 Å². The first-order valence-electron chi connectivity index (χ1n) is 9.80. The molecular weight excluding hydrogens is 338 g/mol. The third-order valence-electron chi connectivity index (χ3n) is 5.85. The van der Waals surface area contributed by atoms with Gasteiger partial charge < -0.3 is 5.32 Å². The molecule has 0 atom stereocenters. The van der Waals surface area contributed by atoms with Gasteiger partial charge in [-0.25, -0.2) is 0 Å². The topological polar surface area (TPSA) is 12.0 Å². The summed E-state index contributed by atoms with van der Waals surface area (Å²) in [6.07, 6.45) is 0. The van der Waals surface area contributed by atoms with Crippen LogP contribution in [0.3, 0.4) is 0 Å². The van der Waals surface area contributed by atoms with E-state index < -0.39 is 0 Å². The summed E-state index contributed by atoms with van der Waals surface area (Å²) >= 11 is 0. The Kier molecular flexibility index (Phi) is 3.84. The summed E-state index contributed by atoms with van der Waals surface area (Å²) in [5.74, 6) is 0. The zero-order valence-electron chi connectivity index (χ0n) is 16.2. The van der Waals surface area contributed by atoms with Gasteiger partial charge in [0.15, 0.2) is 0 Å². The highest BCUT2D eigenvalue weighted by molar-refractivity contribution is 5.86. The van der Waals surface area contributed by atoms with E-state index in [-0.39, 0.29) is 5.41 Å². The highest BCUT2D eigenvalue weighted by Crippen LogP contribution is 2.50. The molecule has 0 aliphatic heterocycles. The van der Waals surface area contributed by atoms with E-state index in [9.17, 15) is 0 Å². The average molecular weight is 361 g/mol. The molecule has 0 amide bonds. The Balaban J connectivity index is 1.62. The molecule has 136 valence electrons. The summed E-state index contributed by atoms with van der Waals surface area (Å²) in [7, 11) is 0. The van der Waals surface area contributed by atoms with Gasteiger partial charge in [-0.05, 0) is 63.7 Å². The van der Waals surface area contributed by atoms with Crippen molar-refractivity contribution in [1.82, 2.24) is 0 Å². The summed E-state index contributed by atoms with van der Waals surface area (Å²) in [6, 6.07) is 34.6. The molecule has 1 aliphatic rings. The van der Waals surface area contributed by atoms with Crippen molar-refractivity contribution in [3.05, 3.63) is 108 Å². The van der Waals surface area contributed by atoms with Gasteiger partial charge in [0.1, 0.15) is 0 Å². The van der Waals surface area contributed by atoms with Crippen LogP contribution in [0.1, 0.15) is 25.0 Å². The molecule has 0 fully saturated rings. The third kappa shape index (κ3) is 2.71. The van der Waals surface area contributed by atoms with Gasteiger partial charge in [-0.3, -0.25) is 0 Å². The fraction of sp³-hybridized carbons (Fsp3) is 0.111. The summed E-state index contributed by atoms with van der Waals surface area (Å²) in [6.45, 7) is 4.65. The van der Waals surface area contributed by atoms with E-state index in [0.29, 0.717) is 0 Å². The Bertz CT molecular complexity index is 1140. The minimum Gasteiger partial charge on any atom is -0.356 e. The number of nitrogens with one attached hydrogen (secondary N) is 1. The van der Waals surface area contributed by atoms with Crippen LogP contribution < -0.4 is 5.32 Å². The maximum Gasteiger partial charge on any atom is 0.0390 e. The lowest BCUT2D eigenvalue weighted by molar-refractivity contribution is 0.660. The number of anilines is 2. The van der Waals surface area contributed by atoms with E-state index in [0.717, 1.165) is 11.4 Å². The highest BCUT2D eigenvalue weighted by atomic mass is 14.9. The van der Waals surface area contributed by atoms with E-state index in [4.69, 9.17) is 0 Å². The van der Waals surface area contributed by atoms with E-state index in [2.05, 4.69) is 110 Å². The lowest BCUT2D eigenvalue weighted by Gasteiger charge is -2.21. The molecule has 0 unspecified atom stereocenters. The third-order valence-corrected chi connectivity index (χ3v) is 5.85. The lowest BCUT2D eigenvalue weighted by Crippen LogP contribution is -2.14. The maximum absolute atomic E-state index is 3.54. The van der Waals surface area contributed by atoms with Gasteiger partial charge in [0, 0.05) is 16.8 Å². The fourth-order valence-electron chi connectivity index (χ4n) is 4.35. The average Bonchev–Trinajstić information content (AvgIpc) is 2.96. The zero-order valence-corrected chi connectivity index (χ0v) is 16.2. The number of hydrogen-bond acceptors (Lipinski definition) is 1. The molecule has 0 aromatic heterocycles. The van der Waals surface area contributed by atoms with Crippen molar-refractivity contribution < 1.29 is 0 Å². The van der Waals surface area contributed by atoms with Crippen LogP contribution in [0.5, 0.6) is 0 Å². The minimum atomic E-state index is 0.0190. The predicted molar refractivity (Wildman–Crippen MR) is 119 cm³/mol. The molecular formula is C27H23N. The molecule has 0 radical (unpaired) electrons. The first-order chi connectivity index (χ1) is 13.6. The van der Waals surface area contributed by atoms with Crippen molar-refractivity contribution in [3.8, 4) is 22.3 Å². The standard InChI is InChI=1S/C27H23N/c1-27(2)25-15-13-20(19-9-5-3-6-10-19)17-23(25)24-18-22(14-16-26(24)27)28-21-11-7-4-8-12-21/h3-18,28H,1-2H3. The zero-order chi connectivity index (χ0) is 19.1. The molecule has 0 bridgehead atoms. The van der Waals surface area contributed by atoms with Gasteiger partial charge in [-0.15, -0.1) is 0 Å². The monoisotopic (exact) mass is 361 g/mol. The van der Waals surface area contributed by atoms with E-state index in [1.807, 2.05) is 6.07 Å². The Hall–Kier alpha value is -3.32. The van der Waals surface area contributed by atoms with E-state index >= 15 is 0 Å². The maximum atomic E-state index is 3.54. The van der Waals surface area contributed by atoms with E-state index in [1.54, 1.807) is 0 Å². The van der Waals surface area contributed by atoms with Crippen LogP contribution in [-0.4, -0.2) is 0 Å². The molecule has 1 aliphatic carbocycles. The largest absolute Gasteiger partial charge is 0.356 e. The highest BCUT2D eigenvalue weighted by Gasteiger charge is 2.35. The molecule has 5 rings (SSSR count). The van der Waals surface area contributed by atoms with Gasteiger partial charge in [0.25, 0.3) is 0 Å². The Morgan fingerprint density at radius 1 is 0.536 bits per heavy atom. The number of rotatable bonds is 3. The second-order valence-corrected chi connectivity index (χ2v) is 8.00. The Morgan fingerprint density at radius 2 is 1.14 bits per heavy atom. The van der Waals surface area contributed by atoms with Crippen LogP contribution in [0.2, 0.25) is 0 Å². The van der Waals surface area contributed by atoms with Gasteiger partial charge >= 0.3 is 0 Å². The Morgan fingerprint density at radius 3 is 1.86 bits per heavy atom. The molecule has 4 aromatic rings. The van der Waals surface area contributed by atoms with Crippen LogP contribution >= 0.6 is 0 Å². The number of para-hydroxylation sites is 1. The second kappa shape index (κ2) is 6.38. The molecule has 1 nitrogen and oxygen atoms in total. The van der Waals surface area contributed by atoms with Gasteiger partial charge in [0.05, 0.1) is 0 Å². The summed E-state index contributed by atoms with van der Waals surface area (Å²) in [5, 5.41) is 3.54. The SMILES string of the molecule is CC1(C)c2ccc(Nc3ccccc3)cc2-c2cc(-c3ccccc3)ccc21. The smallest absolute Gasteiger partial charge is 0.0390 e. The van der Waals surface area contributed by atoms with Crippen molar-refractivity contribution in [3.63, 3.8) is 0 Å². The molecule has 1 N–H and O–H groups in total. The van der Waals surface area contributed by atoms with Crippen LogP contribution in [0.15, 0.2) is 97.1 Å². The van der Waals surface area contributed by atoms with Gasteiger partial charge in [0.2, 0.25) is 0 Å². The van der Waals surface area contributed by atoms with Crippen LogP contribution in [0, 0.1) is 0 Å². The quantitative estimate of drug-likeness (QED) is 0.401. The second-order valence-electron chi connectivity index (χ2n) is 8.00. The van der Waals surface area contributed by atoms with E-state index in [1.165, 1.54) is 33.4 Å². The summed E-state index contributed by atoms with van der Waals surface area (Å²) in [4.78, 5) is 0. The molecule has 0 saturated heterocycles. The number of fused-ring (bicyclic) bond motifs is 3. The van der Waals surface area contributed by atoms with Crippen molar-refractivity contribution in [2.75, 3.05) is 5.32 Å². The van der Waals surface area contributed by atoms with Crippen molar-refractivity contribution in [1.29, 1.82) is 0 Å². The molecule has 4 aromatic carbocycles. The van der Waals surface area contributed by atoms with Crippen molar-refractivity contribution in [2.45, 2.75) is 19.3 Å². The lowest BCUT2D eigenvalue weighted by atomic mass is 9.82. The fourth-order valence-corrected chi connectivity index (χ4v) is 4.35. The van der Waals surface area contributed by atoms with Crippen molar-refractivity contribution in [2.24, 2.45) is 0 Å². The van der Waals surface area contributed by atoms with Crippen LogP contribution in [0.4, 0.5) is 11.4 Å².